The van der Waals surface area contributed by atoms with Gasteiger partial charge in [0.1, 0.15) is 0 Å². The summed E-state index contributed by atoms with van der Waals surface area (Å²) < 4.78 is 0. The minimum Gasteiger partial charge on any atom is -0.478 e. The molecule has 0 saturated heterocycles. The van der Waals surface area contributed by atoms with Crippen LogP contribution in [0.15, 0.2) is 18.3 Å². The van der Waals surface area contributed by atoms with E-state index in [9.17, 15) is 4.79 Å². The van der Waals surface area contributed by atoms with Crippen LogP contribution in [0.3, 0.4) is 0 Å². The number of rotatable bonds is 6. The smallest absolute Gasteiger partial charge is 0.337 e. The number of hydrogen-bond acceptors (Lipinski definition) is 3. The van der Waals surface area contributed by atoms with Gasteiger partial charge in [-0.1, -0.05) is 6.42 Å². The van der Waals surface area contributed by atoms with Gasteiger partial charge in [0.05, 0.1) is 16.6 Å². The van der Waals surface area contributed by atoms with E-state index in [0.717, 1.165) is 31.4 Å². The van der Waals surface area contributed by atoms with Crippen LogP contribution in [0.5, 0.6) is 0 Å². The van der Waals surface area contributed by atoms with Crippen LogP contribution in [-0.4, -0.2) is 32.8 Å². The Morgan fingerprint density at radius 3 is 2.89 bits per heavy atom. The number of unbranched alkanes of at least 4 members (excludes halogenated alkanes) is 2. The number of carbonyl (C=O) groups is 1. The van der Waals surface area contributed by atoms with Crippen molar-refractivity contribution in [2.75, 3.05) is 6.61 Å². The van der Waals surface area contributed by atoms with Crippen LogP contribution in [0.25, 0.3) is 11.0 Å². The summed E-state index contributed by atoms with van der Waals surface area (Å²) in [6, 6.07) is 3.39. The molecule has 2 aromatic rings. The summed E-state index contributed by atoms with van der Waals surface area (Å²) in [5.41, 5.74) is 2.51. The van der Waals surface area contributed by atoms with Gasteiger partial charge in [-0.15, -0.1) is 0 Å². The van der Waals surface area contributed by atoms with Crippen molar-refractivity contribution in [1.82, 2.24) is 9.97 Å². The molecule has 0 fully saturated rings. The first-order valence-corrected chi connectivity index (χ1v) is 6.03. The first-order chi connectivity index (χ1) is 8.72. The number of aliphatic hydroxyl groups is 1. The van der Waals surface area contributed by atoms with Gasteiger partial charge in [-0.05, 0) is 31.4 Å². The van der Waals surface area contributed by atoms with E-state index in [1.165, 1.54) is 12.3 Å². The number of aryl methyl sites for hydroxylation is 1. The second kappa shape index (κ2) is 5.64. The third-order valence-electron chi connectivity index (χ3n) is 2.91. The van der Waals surface area contributed by atoms with E-state index in [0.29, 0.717) is 11.0 Å². The van der Waals surface area contributed by atoms with E-state index in [4.69, 9.17) is 10.2 Å². The minimum absolute atomic E-state index is 0.220. The topological polar surface area (TPSA) is 86.2 Å². The molecule has 0 aliphatic heterocycles. The molecule has 96 valence electrons. The summed E-state index contributed by atoms with van der Waals surface area (Å²) in [7, 11) is 0. The number of H-pyrrole nitrogens is 1. The highest BCUT2D eigenvalue weighted by Gasteiger charge is 2.11. The lowest BCUT2D eigenvalue weighted by molar-refractivity contribution is 0.0698. The van der Waals surface area contributed by atoms with Crippen molar-refractivity contribution in [2.45, 2.75) is 25.7 Å². The molecule has 2 aromatic heterocycles. The number of aliphatic hydroxyl groups excluding tert-OH is 1. The van der Waals surface area contributed by atoms with Crippen LogP contribution < -0.4 is 0 Å². The molecule has 0 atom stereocenters. The number of aromatic carboxylic acids is 1. The van der Waals surface area contributed by atoms with Gasteiger partial charge in [0.15, 0.2) is 0 Å². The molecule has 0 aromatic carbocycles. The monoisotopic (exact) mass is 248 g/mol. The first-order valence-electron chi connectivity index (χ1n) is 6.03. The first kappa shape index (κ1) is 12.6. The summed E-state index contributed by atoms with van der Waals surface area (Å²) in [6.07, 6.45) is 5.09. The summed E-state index contributed by atoms with van der Waals surface area (Å²) >= 11 is 0. The Morgan fingerprint density at radius 2 is 2.17 bits per heavy atom. The highest BCUT2D eigenvalue weighted by molar-refractivity contribution is 6.00. The number of nitrogens with one attached hydrogen (secondary N) is 1. The van der Waals surface area contributed by atoms with Crippen molar-refractivity contribution in [2.24, 2.45) is 0 Å². The van der Waals surface area contributed by atoms with Gasteiger partial charge >= 0.3 is 5.97 Å². The number of fused-ring (bicyclic) bond motifs is 1. The molecule has 2 heterocycles. The molecule has 0 radical (unpaired) electrons. The summed E-state index contributed by atoms with van der Waals surface area (Å²) in [4.78, 5) is 18.3. The Balaban J connectivity index is 2.17. The van der Waals surface area contributed by atoms with E-state index in [-0.39, 0.29) is 12.2 Å². The number of hydrogen-bond donors (Lipinski definition) is 3. The fraction of sp³-hybridized carbons (Fsp3) is 0.385. The van der Waals surface area contributed by atoms with Crippen LogP contribution in [-0.2, 0) is 6.42 Å². The lowest BCUT2D eigenvalue weighted by Crippen LogP contribution is -1.97. The number of pyridine rings is 1. The van der Waals surface area contributed by atoms with Gasteiger partial charge in [0.2, 0.25) is 0 Å². The molecular formula is C13H16N2O3. The Labute approximate surface area is 104 Å². The Morgan fingerprint density at radius 1 is 1.33 bits per heavy atom. The van der Waals surface area contributed by atoms with Crippen LogP contribution in [0.1, 0.15) is 35.3 Å². The molecule has 18 heavy (non-hydrogen) atoms. The predicted molar refractivity (Wildman–Crippen MR) is 67.7 cm³/mol. The Bertz CT molecular complexity index is 548. The lowest BCUT2D eigenvalue weighted by Gasteiger charge is -1.97. The van der Waals surface area contributed by atoms with E-state index in [1.54, 1.807) is 0 Å². The molecule has 0 aliphatic rings. The van der Waals surface area contributed by atoms with Gasteiger partial charge in [-0.25, -0.2) is 4.79 Å². The van der Waals surface area contributed by atoms with Crippen molar-refractivity contribution in [1.29, 1.82) is 0 Å². The van der Waals surface area contributed by atoms with Crippen molar-refractivity contribution in [3.05, 3.63) is 29.6 Å². The predicted octanol–water partition coefficient (Wildman–Crippen LogP) is 1.97. The summed E-state index contributed by atoms with van der Waals surface area (Å²) in [5.74, 6) is -0.948. The normalized spacial score (nSPS) is 10.9. The summed E-state index contributed by atoms with van der Waals surface area (Å²) in [5, 5.41) is 17.8. The third kappa shape index (κ3) is 2.68. The zero-order chi connectivity index (χ0) is 13.0. The van der Waals surface area contributed by atoms with Crippen molar-refractivity contribution in [3.63, 3.8) is 0 Å². The fourth-order valence-corrected chi connectivity index (χ4v) is 2.00. The number of carboxylic acids is 1. The maximum absolute atomic E-state index is 11.0. The van der Waals surface area contributed by atoms with Gasteiger partial charge in [0, 0.05) is 18.5 Å². The molecule has 0 saturated carbocycles. The van der Waals surface area contributed by atoms with Crippen LogP contribution >= 0.6 is 0 Å². The van der Waals surface area contributed by atoms with E-state index < -0.39 is 5.97 Å². The van der Waals surface area contributed by atoms with Crippen molar-refractivity contribution in [3.8, 4) is 0 Å². The molecule has 0 spiro atoms. The number of aromatic amines is 1. The summed E-state index contributed by atoms with van der Waals surface area (Å²) in [6.45, 7) is 0.220. The Kier molecular flexibility index (Phi) is 3.94. The fourth-order valence-electron chi connectivity index (χ4n) is 2.00. The van der Waals surface area contributed by atoms with Gasteiger partial charge in [0.25, 0.3) is 0 Å². The Hall–Kier alpha value is -1.88. The SMILES string of the molecule is O=C(O)c1ccnc2cc(CCCCCO)[nH]c12. The van der Waals surface area contributed by atoms with E-state index >= 15 is 0 Å². The highest BCUT2D eigenvalue weighted by atomic mass is 16.4. The molecule has 0 bridgehead atoms. The van der Waals surface area contributed by atoms with E-state index in [1.807, 2.05) is 6.07 Å². The highest BCUT2D eigenvalue weighted by Crippen LogP contribution is 2.18. The van der Waals surface area contributed by atoms with Crippen LogP contribution in [0, 0.1) is 0 Å². The van der Waals surface area contributed by atoms with E-state index in [2.05, 4.69) is 9.97 Å². The van der Waals surface area contributed by atoms with Gasteiger partial charge < -0.3 is 15.2 Å². The molecular weight excluding hydrogens is 232 g/mol. The molecule has 5 nitrogen and oxygen atoms in total. The molecule has 2 rings (SSSR count). The van der Waals surface area contributed by atoms with Crippen LogP contribution in [0.2, 0.25) is 0 Å². The second-order valence-electron chi connectivity index (χ2n) is 4.25. The molecule has 3 N–H and O–H groups in total. The molecule has 5 heteroatoms. The standard InChI is InChI=1S/C13H16N2O3/c16-7-3-1-2-4-9-8-11-12(15-9)10(13(17)18)5-6-14-11/h5-6,8,15-16H,1-4,7H2,(H,17,18). The second-order valence-corrected chi connectivity index (χ2v) is 4.25. The molecule has 0 aliphatic carbocycles. The van der Waals surface area contributed by atoms with Gasteiger partial charge in [-0.2, -0.15) is 0 Å². The molecule has 0 unspecified atom stereocenters. The van der Waals surface area contributed by atoms with Crippen LogP contribution in [0.4, 0.5) is 0 Å². The maximum Gasteiger partial charge on any atom is 0.337 e. The average Bonchev–Trinajstić information content (AvgIpc) is 2.76. The van der Waals surface area contributed by atoms with Gasteiger partial charge in [-0.3, -0.25) is 4.98 Å². The lowest BCUT2D eigenvalue weighted by atomic mass is 10.1. The van der Waals surface area contributed by atoms with Crippen molar-refractivity contribution < 1.29 is 15.0 Å². The zero-order valence-electron chi connectivity index (χ0n) is 10.0. The average molecular weight is 248 g/mol. The number of aromatic nitrogens is 2. The quantitative estimate of drug-likeness (QED) is 0.682. The number of nitrogens with zero attached hydrogens (tertiary/aromatic N) is 1. The molecule has 0 amide bonds. The van der Waals surface area contributed by atoms with Crippen molar-refractivity contribution >= 4 is 17.0 Å². The zero-order valence-corrected chi connectivity index (χ0v) is 10.0. The maximum atomic E-state index is 11.0. The minimum atomic E-state index is -0.948. The number of carboxylic acid groups (broad SMARTS) is 1. The largest absolute Gasteiger partial charge is 0.478 e. The third-order valence-corrected chi connectivity index (χ3v) is 2.91.